The molecular formula is C30H34N2O4S2. The highest BCUT2D eigenvalue weighted by atomic mass is 32.2. The molecule has 0 spiro atoms. The fraction of sp³-hybridized carbons (Fsp3) is 0.400. The number of nitrogens with zero attached hydrogens (tertiary/aromatic N) is 2. The van der Waals surface area contributed by atoms with Gasteiger partial charge >= 0.3 is 0 Å². The molecule has 6 nitrogen and oxygen atoms in total. The monoisotopic (exact) mass is 550 g/mol. The van der Waals surface area contributed by atoms with E-state index in [0.29, 0.717) is 36.0 Å². The van der Waals surface area contributed by atoms with Crippen LogP contribution in [0.3, 0.4) is 0 Å². The average Bonchev–Trinajstić information content (AvgIpc) is 3.36. The molecule has 0 saturated carbocycles. The van der Waals surface area contributed by atoms with Crippen LogP contribution < -0.4 is 0 Å². The molecule has 0 N–H and O–H groups in total. The van der Waals surface area contributed by atoms with E-state index in [1.807, 2.05) is 38.1 Å². The quantitative estimate of drug-likeness (QED) is 0.511. The predicted molar refractivity (Wildman–Crippen MR) is 148 cm³/mol. The Morgan fingerprint density at radius 1 is 0.711 bits per heavy atom. The molecule has 200 valence electrons. The SMILES string of the molecule is C=C1CC2=C(CCC3=CCN(S(=O)(=O)c4ccc(C)cc4)C[C@@H]32)[C@H]2CN(S(=O)(=O)c3ccc(C)cc3)C[C@@H]12. The number of rotatable bonds is 4. The number of hydrogen-bond acceptors (Lipinski definition) is 4. The van der Waals surface area contributed by atoms with Crippen molar-refractivity contribution in [3.63, 3.8) is 0 Å². The van der Waals surface area contributed by atoms with Gasteiger partial charge in [0.15, 0.2) is 0 Å². The standard InChI is InChI=1S/C30H34N2O4S2/c1-20-4-9-24(10-5-20)37(33,34)31-15-14-23-8-13-26-27(29(23)18-31)16-22(3)28-17-32(19-30(26)28)38(35,36)25-11-6-21(2)7-12-25/h4-7,9-12,14,28-30H,3,8,13,15-19H2,1-2H3/t28-,29-,30+/m0/s1. The largest absolute Gasteiger partial charge is 0.243 e. The maximum atomic E-state index is 13.5. The van der Waals surface area contributed by atoms with Gasteiger partial charge in [-0.15, -0.1) is 0 Å². The molecule has 0 amide bonds. The Morgan fingerprint density at radius 2 is 1.26 bits per heavy atom. The summed E-state index contributed by atoms with van der Waals surface area (Å²) in [4.78, 5) is 0.658. The highest BCUT2D eigenvalue weighted by Gasteiger charge is 2.47. The zero-order valence-electron chi connectivity index (χ0n) is 21.9. The number of fused-ring (bicyclic) bond motifs is 4. The molecule has 2 aliphatic carbocycles. The third-order valence-corrected chi connectivity index (χ3v) is 12.6. The fourth-order valence-corrected chi connectivity index (χ4v) is 9.60. The minimum atomic E-state index is -3.60. The molecule has 8 heteroatoms. The van der Waals surface area contributed by atoms with Crippen molar-refractivity contribution in [2.24, 2.45) is 17.8 Å². The van der Waals surface area contributed by atoms with Gasteiger partial charge in [0.25, 0.3) is 0 Å². The van der Waals surface area contributed by atoms with Crippen molar-refractivity contribution in [3.8, 4) is 0 Å². The normalized spacial score (nSPS) is 26.5. The van der Waals surface area contributed by atoms with E-state index >= 15 is 0 Å². The Bertz CT molecular complexity index is 1570. The molecule has 38 heavy (non-hydrogen) atoms. The molecule has 0 bridgehead atoms. The van der Waals surface area contributed by atoms with E-state index in [1.54, 1.807) is 32.9 Å². The molecule has 2 heterocycles. The third kappa shape index (κ3) is 4.22. The van der Waals surface area contributed by atoms with Gasteiger partial charge in [-0.2, -0.15) is 8.61 Å². The van der Waals surface area contributed by atoms with Gasteiger partial charge < -0.3 is 0 Å². The summed E-state index contributed by atoms with van der Waals surface area (Å²) in [6.45, 7) is 10.0. The zero-order valence-corrected chi connectivity index (χ0v) is 23.6. The van der Waals surface area contributed by atoms with Crippen LogP contribution >= 0.6 is 0 Å². The van der Waals surface area contributed by atoms with Gasteiger partial charge in [-0.25, -0.2) is 16.8 Å². The average molecular weight is 551 g/mol. The van der Waals surface area contributed by atoms with Crippen molar-refractivity contribution < 1.29 is 16.8 Å². The molecule has 1 saturated heterocycles. The summed E-state index contributed by atoms with van der Waals surface area (Å²) in [7, 11) is -7.19. The molecule has 4 aliphatic rings. The van der Waals surface area contributed by atoms with Crippen LogP contribution in [0.5, 0.6) is 0 Å². The van der Waals surface area contributed by atoms with Gasteiger partial charge in [0, 0.05) is 43.9 Å². The first-order chi connectivity index (χ1) is 18.1. The van der Waals surface area contributed by atoms with Crippen LogP contribution in [0.4, 0.5) is 0 Å². The molecule has 0 unspecified atom stereocenters. The lowest BCUT2D eigenvalue weighted by molar-refractivity contribution is 0.357. The molecule has 0 radical (unpaired) electrons. The second-order valence-electron chi connectivity index (χ2n) is 11.2. The zero-order chi connectivity index (χ0) is 26.8. The van der Waals surface area contributed by atoms with Crippen LogP contribution in [-0.4, -0.2) is 51.6 Å². The van der Waals surface area contributed by atoms with Crippen LogP contribution in [0, 0.1) is 31.6 Å². The summed E-state index contributed by atoms with van der Waals surface area (Å²) < 4.78 is 57.2. The Kier molecular flexibility index (Phi) is 6.30. The first-order valence-corrected chi connectivity index (χ1v) is 16.2. The van der Waals surface area contributed by atoms with Crippen molar-refractivity contribution in [3.05, 3.63) is 94.6 Å². The van der Waals surface area contributed by atoms with Gasteiger partial charge in [-0.3, -0.25) is 0 Å². The Labute approximate surface area is 226 Å². The van der Waals surface area contributed by atoms with Crippen molar-refractivity contribution in [1.82, 2.24) is 8.61 Å². The lowest BCUT2D eigenvalue weighted by Crippen LogP contribution is -2.42. The number of sulfonamides is 2. The first kappa shape index (κ1) is 25.7. The van der Waals surface area contributed by atoms with E-state index in [2.05, 4.69) is 12.7 Å². The molecule has 2 aromatic rings. The summed E-state index contributed by atoms with van der Waals surface area (Å²) >= 11 is 0. The third-order valence-electron chi connectivity index (χ3n) is 8.90. The lowest BCUT2D eigenvalue weighted by atomic mass is 9.65. The lowest BCUT2D eigenvalue weighted by Gasteiger charge is -2.43. The van der Waals surface area contributed by atoms with Crippen LogP contribution in [0.1, 0.15) is 30.4 Å². The summed E-state index contributed by atoms with van der Waals surface area (Å²) in [5, 5.41) is 0. The predicted octanol–water partition coefficient (Wildman–Crippen LogP) is 4.84. The summed E-state index contributed by atoms with van der Waals surface area (Å²) in [5.74, 6) is 0.251. The minimum Gasteiger partial charge on any atom is -0.207 e. The summed E-state index contributed by atoms with van der Waals surface area (Å²) in [6.07, 6.45) is 4.63. The Hall–Kier alpha value is -2.52. The maximum Gasteiger partial charge on any atom is 0.243 e. The molecule has 2 aliphatic heterocycles. The van der Waals surface area contributed by atoms with E-state index in [1.165, 1.54) is 16.7 Å². The highest BCUT2D eigenvalue weighted by Crippen LogP contribution is 2.52. The highest BCUT2D eigenvalue weighted by molar-refractivity contribution is 7.89. The van der Waals surface area contributed by atoms with E-state index < -0.39 is 20.0 Å². The smallest absolute Gasteiger partial charge is 0.207 e. The van der Waals surface area contributed by atoms with Gasteiger partial charge in [-0.05, 0) is 57.4 Å². The molecule has 0 aromatic heterocycles. The van der Waals surface area contributed by atoms with Crippen LogP contribution in [-0.2, 0) is 20.0 Å². The van der Waals surface area contributed by atoms with Crippen molar-refractivity contribution >= 4 is 20.0 Å². The topological polar surface area (TPSA) is 74.8 Å². The number of benzene rings is 2. The van der Waals surface area contributed by atoms with Gasteiger partial charge in [0.1, 0.15) is 0 Å². The van der Waals surface area contributed by atoms with Crippen molar-refractivity contribution in [2.45, 2.75) is 42.9 Å². The van der Waals surface area contributed by atoms with E-state index in [0.717, 1.165) is 36.0 Å². The molecule has 3 atom stereocenters. The second kappa shape index (κ2) is 9.30. The second-order valence-corrected chi connectivity index (χ2v) is 15.1. The fourth-order valence-electron chi connectivity index (χ4n) is 6.71. The van der Waals surface area contributed by atoms with Crippen LogP contribution in [0.15, 0.2) is 93.3 Å². The summed E-state index contributed by atoms with van der Waals surface area (Å²) in [5.41, 5.74) is 7.03. The Balaban J connectivity index is 1.29. The maximum absolute atomic E-state index is 13.5. The van der Waals surface area contributed by atoms with Gasteiger partial charge in [-0.1, -0.05) is 70.3 Å². The molecule has 1 fully saturated rings. The van der Waals surface area contributed by atoms with E-state index in [9.17, 15) is 16.8 Å². The van der Waals surface area contributed by atoms with Crippen molar-refractivity contribution in [2.75, 3.05) is 26.2 Å². The molecular weight excluding hydrogens is 516 g/mol. The van der Waals surface area contributed by atoms with E-state index in [-0.39, 0.29) is 17.8 Å². The number of hydrogen-bond donors (Lipinski definition) is 0. The molecule has 2 aromatic carbocycles. The first-order valence-electron chi connectivity index (χ1n) is 13.3. The molecule has 6 rings (SSSR count). The van der Waals surface area contributed by atoms with Gasteiger partial charge in [0.05, 0.1) is 9.79 Å². The van der Waals surface area contributed by atoms with Crippen LogP contribution in [0.2, 0.25) is 0 Å². The van der Waals surface area contributed by atoms with Gasteiger partial charge in [0.2, 0.25) is 20.0 Å². The minimum absolute atomic E-state index is 0.0354. The Morgan fingerprint density at radius 3 is 1.87 bits per heavy atom. The number of aryl methyl sites for hydroxylation is 2. The van der Waals surface area contributed by atoms with Crippen LogP contribution in [0.25, 0.3) is 0 Å². The van der Waals surface area contributed by atoms with E-state index in [4.69, 9.17) is 0 Å². The van der Waals surface area contributed by atoms with Crippen molar-refractivity contribution in [1.29, 1.82) is 0 Å². The summed E-state index contributed by atoms with van der Waals surface area (Å²) in [6, 6.07) is 14.1.